The first-order valence-electron chi connectivity index (χ1n) is 8.91. The fourth-order valence-corrected chi connectivity index (χ4v) is 3.42. The van der Waals surface area contributed by atoms with Gasteiger partial charge in [-0.3, -0.25) is 4.79 Å². The summed E-state index contributed by atoms with van der Waals surface area (Å²) in [7, 11) is 0. The first-order chi connectivity index (χ1) is 12.9. The van der Waals surface area contributed by atoms with E-state index < -0.39 is 12.6 Å². The highest BCUT2D eigenvalue weighted by Crippen LogP contribution is 2.31. The van der Waals surface area contributed by atoms with Gasteiger partial charge in [0.25, 0.3) is 5.91 Å². The molecule has 0 saturated carbocycles. The number of hydrogen-bond acceptors (Lipinski definition) is 4. The van der Waals surface area contributed by atoms with Crippen LogP contribution in [0, 0.1) is 0 Å². The molecule has 3 rings (SSSR count). The quantitative estimate of drug-likeness (QED) is 0.784. The normalized spacial score (nSPS) is 14.3. The molecule has 0 atom stereocenters. The minimum absolute atomic E-state index is 0.198. The van der Waals surface area contributed by atoms with E-state index in [1.807, 2.05) is 26.0 Å². The third kappa shape index (κ3) is 4.39. The van der Waals surface area contributed by atoms with Crippen LogP contribution in [0.4, 0.5) is 0 Å². The van der Waals surface area contributed by atoms with Gasteiger partial charge in [0.1, 0.15) is 0 Å². The topological polar surface area (TPSA) is 84.9 Å². The van der Waals surface area contributed by atoms with Gasteiger partial charge in [0.05, 0.1) is 6.61 Å². The van der Waals surface area contributed by atoms with Gasteiger partial charge in [-0.05, 0) is 56.0 Å². The second-order valence-electron chi connectivity index (χ2n) is 6.91. The molecule has 6 nitrogen and oxygen atoms in total. The largest absolute Gasteiger partial charge is 0.490 e. The summed E-state index contributed by atoms with van der Waals surface area (Å²) >= 11 is 0. The third-order valence-corrected chi connectivity index (χ3v) is 4.55. The van der Waals surface area contributed by atoms with Crippen LogP contribution in [0.15, 0.2) is 42.5 Å². The monoisotopic (exact) mass is 369 g/mol. The Morgan fingerprint density at radius 1 is 1.07 bits per heavy atom. The summed E-state index contributed by atoms with van der Waals surface area (Å²) in [6.07, 6.45) is 1.57. The number of carboxylic acid groups (broad SMARTS) is 1. The number of carboxylic acids is 1. The fraction of sp³-hybridized carbons (Fsp3) is 0.333. The zero-order valence-electron chi connectivity index (χ0n) is 15.5. The van der Waals surface area contributed by atoms with E-state index in [-0.39, 0.29) is 11.4 Å². The summed E-state index contributed by atoms with van der Waals surface area (Å²) in [5.74, 6) is -0.620. The number of ether oxygens (including phenoxy) is 2. The molecular formula is C21H23NO5. The van der Waals surface area contributed by atoms with Crippen molar-refractivity contribution in [3.8, 4) is 11.5 Å². The first kappa shape index (κ1) is 18.8. The SMILES string of the molecule is CCOc1cc(C(=O)NC2(C)Cc3ccccc3C2)ccc1OCC(=O)O. The summed E-state index contributed by atoms with van der Waals surface area (Å²) in [5, 5.41) is 11.9. The maximum absolute atomic E-state index is 12.8. The number of carbonyl (C=O) groups excluding carboxylic acids is 1. The van der Waals surface area contributed by atoms with E-state index >= 15 is 0 Å². The second-order valence-corrected chi connectivity index (χ2v) is 6.91. The molecule has 2 N–H and O–H groups in total. The maximum atomic E-state index is 12.8. The van der Waals surface area contributed by atoms with Crippen LogP contribution < -0.4 is 14.8 Å². The van der Waals surface area contributed by atoms with Crippen LogP contribution in [0.5, 0.6) is 11.5 Å². The smallest absolute Gasteiger partial charge is 0.341 e. The summed E-state index contributed by atoms with van der Waals surface area (Å²) in [6, 6.07) is 13.0. The van der Waals surface area contributed by atoms with Gasteiger partial charge in [-0.15, -0.1) is 0 Å². The molecule has 0 fully saturated rings. The summed E-state index contributed by atoms with van der Waals surface area (Å²) in [4.78, 5) is 23.5. The molecule has 1 aliphatic carbocycles. The molecule has 142 valence electrons. The molecule has 0 heterocycles. The number of benzene rings is 2. The van der Waals surface area contributed by atoms with Crippen LogP contribution in [0.1, 0.15) is 35.3 Å². The van der Waals surface area contributed by atoms with Crippen molar-refractivity contribution in [1.82, 2.24) is 5.32 Å². The van der Waals surface area contributed by atoms with E-state index in [1.165, 1.54) is 11.1 Å². The van der Waals surface area contributed by atoms with Crippen molar-refractivity contribution in [1.29, 1.82) is 0 Å². The van der Waals surface area contributed by atoms with E-state index in [0.29, 0.717) is 23.7 Å². The Hall–Kier alpha value is -3.02. The molecule has 0 aliphatic heterocycles. The Kier molecular flexibility index (Phi) is 5.35. The van der Waals surface area contributed by atoms with E-state index in [4.69, 9.17) is 14.6 Å². The Morgan fingerprint density at radius 2 is 1.74 bits per heavy atom. The highest BCUT2D eigenvalue weighted by molar-refractivity contribution is 5.95. The van der Waals surface area contributed by atoms with E-state index in [0.717, 1.165) is 12.8 Å². The van der Waals surface area contributed by atoms with Crippen LogP contribution in [0.25, 0.3) is 0 Å². The van der Waals surface area contributed by atoms with E-state index in [1.54, 1.807) is 18.2 Å². The maximum Gasteiger partial charge on any atom is 0.341 e. The lowest BCUT2D eigenvalue weighted by Gasteiger charge is -2.25. The molecule has 0 saturated heterocycles. The lowest BCUT2D eigenvalue weighted by Crippen LogP contribution is -2.46. The van der Waals surface area contributed by atoms with Gasteiger partial charge in [0.15, 0.2) is 18.1 Å². The van der Waals surface area contributed by atoms with Crippen LogP contribution in [0.3, 0.4) is 0 Å². The van der Waals surface area contributed by atoms with Gasteiger partial charge in [-0.2, -0.15) is 0 Å². The minimum Gasteiger partial charge on any atom is -0.490 e. The average Bonchev–Trinajstić information content (AvgIpc) is 2.96. The van der Waals surface area contributed by atoms with Gasteiger partial charge < -0.3 is 19.9 Å². The first-order valence-corrected chi connectivity index (χ1v) is 8.91. The second kappa shape index (κ2) is 7.70. The van der Waals surface area contributed by atoms with Crippen LogP contribution in [-0.2, 0) is 17.6 Å². The van der Waals surface area contributed by atoms with Crippen LogP contribution in [0.2, 0.25) is 0 Å². The molecule has 0 aromatic heterocycles. The Labute approximate surface area is 158 Å². The molecule has 0 bridgehead atoms. The number of hydrogen-bond donors (Lipinski definition) is 2. The number of carbonyl (C=O) groups is 2. The molecule has 2 aromatic rings. The van der Waals surface area contributed by atoms with Crippen molar-refractivity contribution < 1.29 is 24.2 Å². The summed E-state index contributed by atoms with van der Waals surface area (Å²) < 4.78 is 10.7. The molecule has 27 heavy (non-hydrogen) atoms. The van der Waals surface area contributed by atoms with Gasteiger partial charge in [0, 0.05) is 11.1 Å². The van der Waals surface area contributed by atoms with Crippen molar-refractivity contribution in [2.75, 3.05) is 13.2 Å². The summed E-state index contributed by atoms with van der Waals surface area (Å²) in [5.41, 5.74) is 2.61. The zero-order chi connectivity index (χ0) is 19.4. The van der Waals surface area contributed by atoms with Gasteiger partial charge in [0.2, 0.25) is 0 Å². The fourth-order valence-electron chi connectivity index (χ4n) is 3.42. The van der Waals surface area contributed by atoms with Crippen LogP contribution in [-0.4, -0.2) is 35.7 Å². The Morgan fingerprint density at radius 3 is 2.33 bits per heavy atom. The molecular weight excluding hydrogens is 346 g/mol. The van der Waals surface area contributed by atoms with Gasteiger partial charge >= 0.3 is 5.97 Å². The zero-order valence-corrected chi connectivity index (χ0v) is 15.5. The molecule has 0 radical (unpaired) electrons. The molecule has 0 unspecified atom stereocenters. The average molecular weight is 369 g/mol. The highest BCUT2D eigenvalue weighted by Gasteiger charge is 2.34. The number of nitrogens with one attached hydrogen (secondary N) is 1. The highest BCUT2D eigenvalue weighted by atomic mass is 16.5. The molecule has 2 aromatic carbocycles. The number of fused-ring (bicyclic) bond motifs is 1. The van der Waals surface area contributed by atoms with E-state index in [2.05, 4.69) is 17.4 Å². The molecule has 1 aliphatic rings. The predicted molar refractivity (Wildman–Crippen MR) is 100 cm³/mol. The van der Waals surface area contributed by atoms with Crippen molar-refractivity contribution >= 4 is 11.9 Å². The molecule has 6 heteroatoms. The van der Waals surface area contributed by atoms with Crippen molar-refractivity contribution in [3.05, 3.63) is 59.2 Å². The number of amides is 1. The van der Waals surface area contributed by atoms with Crippen LogP contribution >= 0.6 is 0 Å². The summed E-state index contributed by atoms with van der Waals surface area (Å²) in [6.45, 7) is 3.76. The Balaban J connectivity index is 1.75. The molecule has 1 amide bonds. The van der Waals surface area contributed by atoms with Crippen molar-refractivity contribution in [2.45, 2.75) is 32.2 Å². The van der Waals surface area contributed by atoms with Gasteiger partial charge in [-0.25, -0.2) is 4.79 Å². The van der Waals surface area contributed by atoms with E-state index in [9.17, 15) is 9.59 Å². The molecule has 0 spiro atoms. The number of aliphatic carboxylic acids is 1. The number of rotatable bonds is 7. The Bertz CT molecular complexity index is 836. The minimum atomic E-state index is -1.08. The lowest BCUT2D eigenvalue weighted by molar-refractivity contribution is -0.139. The van der Waals surface area contributed by atoms with Gasteiger partial charge in [-0.1, -0.05) is 24.3 Å². The van der Waals surface area contributed by atoms with Crippen molar-refractivity contribution in [2.24, 2.45) is 0 Å². The predicted octanol–water partition coefficient (Wildman–Crippen LogP) is 2.84. The lowest BCUT2D eigenvalue weighted by atomic mass is 9.98. The third-order valence-electron chi connectivity index (χ3n) is 4.55. The standard InChI is InChI=1S/C21H23NO5/c1-3-26-18-10-14(8-9-17(18)27-13-19(23)24)20(25)22-21(2)11-15-6-4-5-7-16(15)12-21/h4-10H,3,11-13H2,1-2H3,(H,22,25)(H,23,24). The van der Waals surface area contributed by atoms with Crippen molar-refractivity contribution in [3.63, 3.8) is 0 Å².